The molecule has 1 aliphatic heterocycles. The van der Waals surface area contributed by atoms with Crippen molar-refractivity contribution < 1.29 is 30.0 Å². The van der Waals surface area contributed by atoms with Gasteiger partial charge in [-0.05, 0) is 50.2 Å². The van der Waals surface area contributed by atoms with Crippen molar-refractivity contribution in [1.29, 1.82) is 0 Å². The average molecular weight is 502 g/mol. The van der Waals surface area contributed by atoms with Gasteiger partial charge in [-0.3, -0.25) is 29.2 Å². The van der Waals surface area contributed by atoms with Crippen LogP contribution in [0, 0.1) is 5.92 Å². The minimum Gasteiger partial charge on any atom is -0.480 e. The van der Waals surface area contributed by atoms with Crippen LogP contribution in [-0.4, -0.2) is 142 Å². The van der Waals surface area contributed by atoms with Gasteiger partial charge in [0.05, 0.1) is 37.8 Å². The molecule has 2 aliphatic rings. The molecule has 0 radical (unpaired) electrons. The van der Waals surface area contributed by atoms with Crippen LogP contribution in [0.1, 0.15) is 32.1 Å². The predicted molar refractivity (Wildman–Crippen MR) is 130 cm³/mol. The molecule has 0 aromatic carbocycles. The molecule has 194 valence electrons. The molecular formula is C22H39N5O6S. The van der Waals surface area contributed by atoms with Crippen molar-refractivity contribution in [2.24, 2.45) is 10.9 Å². The predicted octanol–water partition coefficient (Wildman–Crippen LogP) is -0.303. The fourth-order valence-electron chi connectivity index (χ4n) is 4.94. The lowest BCUT2D eigenvalue weighted by atomic mass is 9.82. The van der Waals surface area contributed by atoms with Gasteiger partial charge in [0.1, 0.15) is 0 Å². The number of hydrogen-bond donors (Lipinski definition) is 4. The summed E-state index contributed by atoms with van der Waals surface area (Å²) in [7, 11) is 0. The maximum atomic E-state index is 11.7. The Labute approximate surface area is 206 Å². The quantitative estimate of drug-likeness (QED) is 0.244. The Bertz CT molecular complexity index is 687. The van der Waals surface area contributed by atoms with Gasteiger partial charge in [-0.1, -0.05) is 0 Å². The molecule has 1 unspecified atom stereocenters. The number of aliphatic carboxylic acids is 2. The Morgan fingerprint density at radius 1 is 0.824 bits per heavy atom. The van der Waals surface area contributed by atoms with E-state index in [1.807, 2.05) is 19.6 Å². The first-order chi connectivity index (χ1) is 16.3. The number of aliphatic hydroxyl groups is 2. The minimum absolute atomic E-state index is 0.141. The van der Waals surface area contributed by atoms with Crippen molar-refractivity contribution >= 4 is 29.3 Å². The van der Waals surface area contributed by atoms with Crippen LogP contribution in [-0.2, 0) is 9.59 Å². The van der Waals surface area contributed by atoms with E-state index in [9.17, 15) is 30.0 Å². The standard InChI is InChI=1S/C22H39N5O6S/c28-16-24-5-6-25(17-29)9-10-27(14-22(32)33)20(12-26(8-7-24)13-21(30)31)11-18-1-3-19(4-2-18)23-15-34/h18-20,28-29H,1-14,16-17H2,(H,30,31)(H,32,33). The van der Waals surface area contributed by atoms with Crippen molar-refractivity contribution in [3.63, 3.8) is 0 Å². The van der Waals surface area contributed by atoms with E-state index in [1.54, 1.807) is 0 Å². The van der Waals surface area contributed by atoms with Crippen LogP contribution >= 0.6 is 12.2 Å². The van der Waals surface area contributed by atoms with E-state index < -0.39 is 11.9 Å². The van der Waals surface area contributed by atoms with E-state index in [-0.39, 0.29) is 38.6 Å². The number of aliphatic imine (C=N–C) groups is 1. The lowest BCUT2D eigenvalue weighted by Gasteiger charge is -2.39. The Morgan fingerprint density at radius 2 is 1.35 bits per heavy atom. The van der Waals surface area contributed by atoms with E-state index in [0.717, 1.165) is 32.1 Å². The van der Waals surface area contributed by atoms with Gasteiger partial charge in [-0.25, -0.2) is 4.99 Å². The average Bonchev–Trinajstić information content (AvgIpc) is 2.79. The molecule has 4 N–H and O–H groups in total. The first-order valence-electron chi connectivity index (χ1n) is 12.0. The Hall–Kier alpha value is -1.50. The number of nitrogens with zero attached hydrogens (tertiary/aromatic N) is 5. The van der Waals surface area contributed by atoms with Crippen LogP contribution in [0.3, 0.4) is 0 Å². The van der Waals surface area contributed by atoms with Gasteiger partial charge >= 0.3 is 11.9 Å². The largest absolute Gasteiger partial charge is 0.480 e. The lowest BCUT2D eigenvalue weighted by Crippen LogP contribution is -2.52. The van der Waals surface area contributed by atoms with E-state index in [2.05, 4.69) is 10.2 Å². The van der Waals surface area contributed by atoms with Crippen LogP contribution in [0.4, 0.5) is 0 Å². The molecule has 34 heavy (non-hydrogen) atoms. The summed E-state index contributed by atoms with van der Waals surface area (Å²) in [5.41, 5.74) is 0. The summed E-state index contributed by atoms with van der Waals surface area (Å²) in [5, 5.41) is 41.0. The molecule has 0 aromatic rings. The van der Waals surface area contributed by atoms with Crippen LogP contribution < -0.4 is 0 Å². The summed E-state index contributed by atoms with van der Waals surface area (Å²) in [5.74, 6) is -1.47. The zero-order chi connectivity index (χ0) is 24.9. The monoisotopic (exact) mass is 501 g/mol. The number of hydrogen-bond acceptors (Lipinski definition) is 10. The zero-order valence-electron chi connectivity index (χ0n) is 19.8. The highest BCUT2D eigenvalue weighted by Crippen LogP contribution is 2.30. The van der Waals surface area contributed by atoms with Crippen LogP contribution in [0.25, 0.3) is 0 Å². The second kappa shape index (κ2) is 15.5. The molecular weight excluding hydrogens is 462 g/mol. The number of rotatable bonds is 9. The Morgan fingerprint density at radius 3 is 1.85 bits per heavy atom. The summed E-state index contributed by atoms with van der Waals surface area (Å²) in [6.45, 7) is 2.73. The first kappa shape index (κ1) is 28.7. The molecule has 2 fully saturated rings. The third-order valence-corrected chi connectivity index (χ3v) is 7.01. The summed E-state index contributed by atoms with van der Waals surface area (Å²) in [4.78, 5) is 34.9. The third-order valence-electron chi connectivity index (χ3n) is 6.91. The van der Waals surface area contributed by atoms with Crippen LogP contribution in [0.15, 0.2) is 4.99 Å². The highest BCUT2D eigenvalue weighted by molar-refractivity contribution is 7.78. The zero-order valence-corrected chi connectivity index (χ0v) is 20.6. The van der Waals surface area contributed by atoms with Gasteiger partial charge < -0.3 is 20.4 Å². The summed E-state index contributed by atoms with van der Waals surface area (Å²) < 4.78 is 0. The molecule has 12 heteroatoms. The van der Waals surface area contributed by atoms with Gasteiger partial charge in [0.25, 0.3) is 0 Å². The molecule has 11 nitrogen and oxygen atoms in total. The molecule has 1 heterocycles. The molecule has 1 atom stereocenters. The maximum absolute atomic E-state index is 11.7. The van der Waals surface area contributed by atoms with Crippen molar-refractivity contribution in [2.45, 2.75) is 44.2 Å². The number of carboxylic acids is 2. The fraction of sp³-hybridized carbons (Fsp3) is 0.864. The van der Waals surface area contributed by atoms with E-state index in [4.69, 9.17) is 12.2 Å². The molecule has 1 aliphatic carbocycles. The van der Waals surface area contributed by atoms with Crippen molar-refractivity contribution in [3.05, 3.63) is 0 Å². The van der Waals surface area contributed by atoms with E-state index in [1.165, 1.54) is 0 Å². The topological polar surface area (TPSA) is 140 Å². The van der Waals surface area contributed by atoms with Gasteiger partial charge in [-0.15, -0.1) is 0 Å². The van der Waals surface area contributed by atoms with Crippen LogP contribution in [0.5, 0.6) is 0 Å². The number of isothiocyanates is 1. The Kier molecular flexibility index (Phi) is 13.1. The third kappa shape index (κ3) is 10.4. The van der Waals surface area contributed by atoms with Gasteiger partial charge in [0.2, 0.25) is 0 Å². The number of aliphatic hydroxyl groups excluding tert-OH is 2. The summed E-state index contributed by atoms with van der Waals surface area (Å²) in [6, 6.07) is 0.0554. The molecule has 1 saturated heterocycles. The molecule has 0 amide bonds. The van der Waals surface area contributed by atoms with Crippen molar-refractivity contribution in [1.82, 2.24) is 19.6 Å². The molecule has 2 rings (SSSR count). The van der Waals surface area contributed by atoms with Crippen LogP contribution in [0.2, 0.25) is 0 Å². The van der Waals surface area contributed by atoms with Gasteiger partial charge in [0, 0.05) is 51.9 Å². The molecule has 0 bridgehead atoms. The number of thiocarbonyl (C=S) groups is 1. The van der Waals surface area contributed by atoms with Gasteiger partial charge in [-0.2, -0.15) is 0 Å². The van der Waals surface area contributed by atoms with E-state index >= 15 is 0 Å². The van der Waals surface area contributed by atoms with E-state index in [0.29, 0.717) is 51.7 Å². The maximum Gasteiger partial charge on any atom is 0.317 e. The number of carbonyl (C=O) groups is 2. The Balaban J connectivity index is 2.23. The lowest BCUT2D eigenvalue weighted by molar-refractivity contribution is -0.141. The molecule has 0 aromatic heterocycles. The smallest absolute Gasteiger partial charge is 0.317 e. The highest BCUT2D eigenvalue weighted by atomic mass is 32.1. The number of carboxylic acid groups (broad SMARTS) is 2. The first-order valence-corrected chi connectivity index (χ1v) is 12.4. The molecule has 1 saturated carbocycles. The summed E-state index contributed by atoms with van der Waals surface area (Å²) in [6.07, 6.45) is 4.52. The normalized spacial score (nSPS) is 27.3. The van der Waals surface area contributed by atoms with Gasteiger partial charge in [0.15, 0.2) is 0 Å². The summed E-state index contributed by atoms with van der Waals surface area (Å²) >= 11 is 4.73. The highest BCUT2D eigenvalue weighted by Gasteiger charge is 2.30. The van der Waals surface area contributed by atoms with Crippen molar-refractivity contribution in [3.8, 4) is 0 Å². The minimum atomic E-state index is -0.934. The second-order valence-electron chi connectivity index (χ2n) is 9.30. The SMILES string of the molecule is O=C(O)CN1CCN(CO)CCN(CO)CCN(CC(=O)O)C(CC2CCC(N=C=S)CC2)C1. The second-order valence-corrected chi connectivity index (χ2v) is 9.48. The fourth-order valence-corrected chi connectivity index (χ4v) is 5.09. The van der Waals surface area contributed by atoms with Crippen molar-refractivity contribution in [2.75, 3.05) is 72.4 Å². The molecule has 0 spiro atoms.